The minimum Gasteiger partial charge on any atom is -0.478 e. The van der Waals surface area contributed by atoms with Crippen LogP contribution >= 0.6 is 31.9 Å². The highest BCUT2D eigenvalue weighted by Gasteiger charge is 2.29. The smallest absolute Gasteiger partial charge is 0.407 e. The number of ether oxygens (including phenoxy) is 1. The molecule has 1 aliphatic rings. The lowest BCUT2D eigenvalue weighted by Crippen LogP contribution is -2.26. The summed E-state index contributed by atoms with van der Waals surface area (Å²) in [6.45, 7) is 0.428. The molecule has 0 heterocycles. The predicted octanol–water partition coefficient (Wildman–Crippen LogP) is 5.95. The van der Waals surface area contributed by atoms with Gasteiger partial charge in [0, 0.05) is 21.4 Å². The molecule has 30 heavy (non-hydrogen) atoms. The first-order chi connectivity index (χ1) is 14.5. The number of halogens is 2. The van der Waals surface area contributed by atoms with Crippen LogP contribution < -0.4 is 5.32 Å². The maximum absolute atomic E-state index is 12.3. The Morgan fingerprint density at radius 1 is 0.933 bits per heavy atom. The van der Waals surface area contributed by atoms with Gasteiger partial charge in [-0.05, 0) is 39.9 Å². The number of rotatable bonds is 5. The minimum atomic E-state index is -1.02. The Balaban J connectivity index is 1.42. The van der Waals surface area contributed by atoms with Gasteiger partial charge in [0.15, 0.2) is 0 Å². The Morgan fingerprint density at radius 3 is 2.00 bits per heavy atom. The van der Waals surface area contributed by atoms with Crippen molar-refractivity contribution in [2.75, 3.05) is 6.61 Å². The molecule has 3 aromatic carbocycles. The molecule has 1 amide bonds. The first-order valence-electron chi connectivity index (χ1n) is 9.25. The van der Waals surface area contributed by atoms with E-state index in [4.69, 9.17) is 9.84 Å². The van der Waals surface area contributed by atoms with Gasteiger partial charge in [-0.1, -0.05) is 80.4 Å². The third-order valence-electron chi connectivity index (χ3n) is 5.14. The minimum absolute atomic E-state index is 0.00327. The lowest BCUT2D eigenvalue weighted by molar-refractivity contribution is 0.0696. The molecular weight excluding hydrogens is 514 g/mol. The summed E-state index contributed by atoms with van der Waals surface area (Å²) in [5, 5.41) is 11.9. The summed E-state index contributed by atoms with van der Waals surface area (Å²) in [5.41, 5.74) is 5.54. The second kappa shape index (κ2) is 8.62. The lowest BCUT2D eigenvalue weighted by atomic mass is 9.98. The molecule has 0 unspecified atom stereocenters. The number of fused-ring (bicyclic) bond motifs is 3. The maximum Gasteiger partial charge on any atom is 0.407 e. The van der Waals surface area contributed by atoms with Crippen molar-refractivity contribution in [3.63, 3.8) is 0 Å². The molecule has 0 spiro atoms. The third kappa shape index (κ3) is 4.00. The van der Waals surface area contributed by atoms with Crippen LogP contribution in [0.4, 0.5) is 4.79 Å². The monoisotopic (exact) mass is 529 g/mol. The fraction of sp³-hybridized carbons (Fsp3) is 0.130. The van der Waals surface area contributed by atoms with Gasteiger partial charge in [0.25, 0.3) is 0 Å². The molecule has 4 rings (SSSR count). The quantitative estimate of drug-likeness (QED) is 0.427. The van der Waals surface area contributed by atoms with E-state index < -0.39 is 12.1 Å². The van der Waals surface area contributed by atoms with Gasteiger partial charge in [-0.3, -0.25) is 0 Å². The van der Waals surface area contributed by atoms with Crippen molar-refractivity contribution in [1.82, 2.24) is 5.32 Å². The summed E-state index contributed by atoms with van der Waals surface area (Å²) >= 11 is 6.72. The van der Waals surface area contributed by atoms with Crippen molar-refractivity contribution in [2.24, 2.45) is 0 Å². The van der Waals surface area contributed by atoms with Crippen molar-refractivity contribution >= 4 is 43.9 Å². The topological polar surface area (TPSA) is 75.6 Å². The van der Waals surface area contributed by atoms with Crippen molar-refractivity contribution in [3.8, 4) is 11.1 Å². The summed E-state index contributed by atoms with van der Waals surface area (Å²) in [5.74, 6) is -1.02. The van der Waals surface area contributed by atoms with E-state index in [0.717, 1.165) is 16.7 Å². The second-order valence-electron chi connectivity index (χ2n) is 6.90. The van der Waals surface area contributed by atoms with Crippen LogP contribution in [0.5, 0.6) is 0 Å². The molecule has 7 heteroatoms. The Bertz CT molecular complexity index is 1080. The molecule has 0 bridgehead atoms. The first kappa shape index (κ1) is 20.6. The van der Waals surface area contributed by atoms with E-state index in [1.165, 1.54) is 23.3 Å². The molecule has 2 N–H and O–H groups in total. The number of amides is 1. The average Bonchev–Trinajstić information content (AvgIpc) is 3.05. The summed E-state index contributed by atoms with van der Waals surface area (Å²) in [6, 6.07) is 19.3. The third-order valence-corrected chi connectivity index (χ3v) is 6.56. The van der Waals surface area contributed by atoms with Crippen molar-refractivity contribution in [2.45, 2.75) is 12.5 Å². The van der Waals surface area contributed by atoms with E-state index in [1.54, 1.807) is 0 Å². The summed E-state index contributed by atoms with van der Waals surface area (Å²) < 4.78 is 6.71. The number of carboxylic acid groups (broad SMARTS) is 1. The first-order valence-corrected chi connectivity index (χ1v) is 10.8. The van der Waals surface area contributed by atoms with Crippen LogP contribution in [0.1, 0.15) is 33.0 Å². The van der Waals surface area contributed by atoms with E-state index in [-0.39, 0.29) is 24.6 Å². The fourth-order valence-electron chi connectivity index (χ4n) is 3.71. The van der Waals surface area contributed by atoms with Crippen molar-refractivity contribution in [1.29, 1.82) is 0 Å². The van der Waals surface area contributed by atoms with Crippen LogP contribution in [0.2, 0.25) is 0 Å². The van der Waals surface area contributed by atoms with E-state index in [9.17, 15) is 9.59 Å². The van der Waals surface area contributed by atoms with Gasteiger partial charge in [0.1, 0.15) is 6.61 Å². The molecule has 0 atom stereocenters. The van der Waals surface area contributed by atoms with Crippen LogP contribution in [-0.4, -0.2) is 23.8 Å². The number of carbonyl (C=O) groups excluding carboxylic acids is 1. The molecule has 0 fully saturated rings. The number of alkyl carbamates (subject to hydrolysis) is 1. The van der Waals surface area contributed by atoms with Crippen LogP contribution in [0.15, 0.2) is 69.6 Å². The van der Waals surface area contributed by atoms with Gasteiger partial charge in [-0.15, -0.1) is 0 Å². The fourth-order valence-corrected chi connectivity index (χ4v) is 5.17. The molecule has 1 aliphatic carbocycles. The van der Waals surface area contributed by atoms with Gasteiger partial charge in [0.05, 0.1) is 5.56 Å². The average molecular weight is 531 g/mol. The number of carbonyl (C=O) groups is 2. The molecule has 3 aromatic rings. The van der Waals surface area contributed by atoms with E-state index in [0.29, 0.717) is 8.95 Å². The van der Waals surface area contributed by atoms with Gasteiger partial charge in [-0.25, -0.2) is 9.59 Å². The van der Waals surface area contributed by atoms with Gasteiger partial charge in [0.2, 0.25) is 0 Å². The highest BCUT2D eigenvalue weighted by atomic mass is 79.9. The number of carboxylic acids is 1. The van der Waals surface area contributed by atoms with Gasteiger partial charge < -0.3 is 15.2 Å². The van der Waals surface area contributed by atoms with Crippen LogP contribution in [-0.2, 0) is 11.3 Å². The number of benzene rings is 3. The summed E-state index contributed by atoms with van der Waals surface area (Å²) in [7, 11) is 0. The van der Waals surface area contributed by atoms with Crippen molar-refractivity contribution < 1.29 is 19.4 Å². The number of hydrogen-bond donors (Lipinski definition) is 2. The standard InChI is InChI=1S/C23H17Br2NO4/c24-20-9-13(22(27)28)10-21(25)18(20)11-26-23(29)30-12-19-16-7-3-1-5-14(16)15-6-2-4-8-17(15)19/h1-10,19H,11-12H2,(H,26,29)(H,27,28). The Labute approximate surface area is 190 Å². The zero-order chi connectivity index (χ0) is 21.3. The Hall–Kier alpha value is -2.64. The van der Waals surface area contributed by atoms with Crippen LogP contribution in [0.3, 0.4) is 0 Å². The normalized spacial score (nSPS) is 12.2. The second-order valence-corrected chi connectivity index (χ2v) is 8.61. The van der Waals surface area contributed by atoms with Crippen LogP contribution in [0.25, 0.3) is 11.1 Å². The predicted molar refractivity (Wildman–Crippen MR) is 121 cm³/mol. The molecule has 5 nitrogen and oxygen atoms in total. The number of aromatic carboxylic acids is 1. The molecule has 0 aliphatic heterocycles. The molecule has 0 radical (unpaired) electrons. The molecule has 152 valence electrons. The van der Waals surface area contributed by atoms with E-state index in [1.807, 2.05) is 24.3 Å². The SMILES string of the molecule is O=C(NCc1c(Br)cc(C(=O)O)cc1Br)OCC1c2ccccc2-c2ccccc21. The number of hydrogen-bond acceptors (Lipinski definition) is 3. The maximum atomic E-state index is 12.3. The summed E-state index contributed by atoms with van der Waals surface area (Å²) in [4.78, 5) is 23.5. The highest BCUT2D eigenvalue weighted by Crippen LogP contribution is 2.44. The van der Waals surface area contributed by atoms with Crippen molar-refractivity contribution in [3.05, 3.63) is 91.9 Å². The highest BCUT2D eigenvalue weighted by molar-refractivity contribution is 9.11. The van der Waals surface area contributed by atoms with E-state index in [2.05, 4.69) is 61.4 Å². The Kier molecular flexibility index (Phi) is 5.92. The largest absolute Gasteiger partial charge is 0.478 e. The molecular formula is C23H17Br2NO4. The zero-order valence-corrected chi connectivity index (χ0v) is 18.9. The molecule has 0 aromatic heterocycles. The summed E-state index contributed by atoms with van der Waals surface area (Å²) in [6.07, 6.45) is -0.530. The lowest BCUT2D eigenvalue weighted by Gasteiger charge is -2.15. The molecule has 0 saturated heterocycles. The zero-order valence-electron chi connectivity index (χ0n) is 15.7. The number of nitrogens with one attached hydrogen (secondary N) is 1. The van der Waals surface area contributed by atoms with Gasteiger partial charge >= 0.3 is 12.1 Å². The van der Waals surface area contributed by atoms with E-state index >= 15 is 0 Å². The van der Waals surface area contributed by atoms with Gasteiger partial charge in [-0.2, -0.15) is 0 Å². The van der Waals surface area contributed by atoms with Crippen LogP contribution in [0, 0.1) is 0 Å². The Morgan fingerprint density at radius 2 is 1.47 bits per heavy atom. The molecule has 0 saturated carbocycles.